The van der Waals surface area contributed by atoms with Crippen molar-refractivity contribution in [3.05, 3.63) is 57.5 Å². The van der Waals surface area contributed by atoms with E-state index in [9.17, 15) is 4.79 Å². The van der Waals surface area contributed by atoms with Crippen LogP contribution in [0.15, 0.2) is 41.1 Å². The van der Waals surface area contributed by atoms with Crippen molar-refractivity contribution in [3.63, 3.8) is 0 Å². The lowest BCUT2D eigenvalue weighted by Crippen LogP contribution is -2.11. The molecular formula is C20H18N6O3S2. The first kappa shape index (κ1) is 20.7. The number of benzene rings is 1. The van der Waals surface area contributed by atoms with E-state index in [-0.39, 0.29) is 24.3 Å². The molecule has 0 amide bonds. The maximum Gasteiger partial charge on any atom is 0.350 e. The van der Waals surface area contributed by atoms with Gasteiger partial charge in [0.15, 0.2) is 12.4 Å². The molecule has 31 heavy (non-hydrogen) atoms. The van der Waals surface area contributed by atoms with Crippen LogP contribution in [0.25, 0.3) is 10.6 Å². The van der Waals surface area contributed by atoms with Gasteiger partial charge in [0.05, 0.1) is 18.5 Å². The lowest BCUT2D eigenvalue weighted by Gasteiger charge is -2.10. The van der Waals surface area contributed by atoms with Gasteiger partial charge in [-0.25, -0.2) is 9.78 Å². The van der Waals surface area contributed by atoms with Crippen molar-refractivity contribution in [2.24, 2.45) is 0 Å². The molecule has 0 spiro atoms. The third-order valence-electron chi connectivity index (χ3n) is 4.13. The fourth-order valence-electron chi connectivity index (χ4n) is 2.72. The first-order valence-electron chi connectivity index (χ1n) is 9.11. The number of nitrogen functional groups attached to an aromatic ring is 1. The lowest BCUT2D eigenvalue weighted by atomic mass is 10.3. The molecule has 0 aliphatic heterocycles. The number of esters is 1. The number of rotatable bonds is 7. The van der Waals surface area contributed by atoms with E-state index in [1.54, 1.807) is 31.4 Å². The highest BCUT2D eigenvalue weighted by molar-refractivity contribution is 7.17. The first-order valence-corrected chi connectivity index (χ1v) is 10.9. The molecule has 3 aromatic heterocycles. The van der Waals surface area contributed by atoms with Crippen LogP contribution in [0, 0.1) is 6.92 Å². The zero-order chi connectivity index (χ0) is 21.8. The normalized spacial score (nSPS) is 10.6. The van der Waals surface area contributed by atoms with Gasteiger partial charge in [-0.3, -0.25) is 0 Å². The first-order chi connectivity index (χ1) is 15.0. The van der Waals surface area contributed by atoms with E-state index in [4.69, 9.17) is 15.2 Å². The molecule has 4 rings (SSSR count). The molecule has 0 bridgehead atoms. The molecule has 0 unspecified atom stereocenters. The second kappa shape index (κ2) is 9.06. The molecule has 3 N–H and O–H groups in total. The second-order valence-corrected chi connectivity index (χ2v) is 8.06. The second-order valence-electron chi connectivity index (χ2n) is 6.28. The standard InChI is InChI=1S/C20H18N6O3S2/c1-11-16(31-17(22-11)12-7-8-30-10-12)18(27)29-9-15-24-19(21)26-20(25-15)23-13-5-3-4-6-14(13)28-2/h3-8,10H,9H2,1-2H3,(H3,21,23,24,25,26). The highest BCUT2D eigenvalue weighted by Crippen LogP contribution is 2.30. The Labute approximate surface area is 186 Å². The number of methoxy groups -OCH3 is 1. The summed E-state index contributed by atoms with van der Waals surface area (Å²) in [5.41, 5.74) is 8.06. The van der Waals surface area contributed by atoms with Crippen molar-refractivity contribution >= 4 is 46.2 Å². The van der Waals surface area contributed by atoms with E-state index >= 15 is 0 Å². The SMILES string of the molecule is COc1ccccc1Nc1nc(N)nc(COC(=O)c2sc(-c3ccsc3)nc2C)n1. The number of aryl methyl sites for hydroxylation is 1. The predicted molar refractivity (Wildman–Crippen MR) is 120 cm³/mol. The molecule has 0 atom stereocenters. The number of nitrogens with zero attached hydrogens (tertiary/aromatic N) is 4. The molecule has 0 aliphatic rings. The van der Waals surface area contributed by atoms with Gasteiger partial charge in [0.1, 0.15) is 15.6 Å². The Morgan fingerprint density at radius 3 is 2.77 bits per heavy atom. The van der Waals surface area contributed by atoms with E-state index in [0.29, 0.717) is 22.0 Å². The van der Waals surface area contributed by atoms with Crippen LogP contribution in [0.5, 0.6) is 5.75 Å². The minimum absolute atomic E-state index is 0.00663. The Bertz CT molecular complexity index is 1210. The summed E-state index contributed by atoms with van der Waals surface area (Å²) in [5.74, 6) is 0.577. The molecule has 1 aromatic carbocycles. The number of anilines is 3. The van der Waals surface area contributed by atoms with E-state index < -0.39 is 5.97 Å². The molecule has 0 fully saturated rings. The maximum absolute atomic E-state index is 12.6. The minimum atomic E-state index is -0.491. The summed E-state index contributed by atoms with van der Waals surface area (Å²) in [6.07, 6.45) is 0. The fraction of sp³-hybridized carbons (Fsp3) is 0.150. The smallest absolute Gasteiger partial charge is 0.350 e. The monoisotopic (exact) mass is 454 g/mol. The summed E-state index contributed by atoms with van der Waals surface area (Å²) < 4.78 is 10.7. The third kappa shape index (κ3) is 4.78. The fourth-order valence-corrected chi connectivity index (χ4v) is 4.39. The van der Waals surface area contributed by atoms with Crippen LogP contribution < -0.4 is 15.8 Å². The summed E-state index contributed by atoms with van der Waals surface area (Å²) in [7, 11) is 1.57. The Balaban J connectivity index is 1.47. The summed E-state index contributed by atoms with van der Waals surface area (Å²) in [6, 6.07) is 9.27. The molecule has 3 heterocycles. The average molecular weight is 455 g/mol. The number of thiophene rings is 1. The van der Waals surface area contributed by atoms with Crippen LogP contribution in [0.3, 0.4) is 0 Å². The number of carbonyl (C=O) groups excluding carboxylic acids is 1. The summed E-state index contributed by atoms with van der Waals surface area (Å²) >= 11 is 2.86. The summed E-state index contributed by atoms with van der Waals surface area (Å²) in [6.45, 7) is 1.62. The molecule has 158 valence electrons. The van der Waals surface area contributed by atoms with Gasteiger partial charge in [-0.05, 0) is 30.5 Å². The van der Waals surface area contributed by atoms with E-state index in [1.807, 2.05) is 35.0 Å². The van der Waals surface area contributed by atoms with Gasteiger partial charge in [-0.2, -0.15) is 26.3 Å². The Morgan fingerprint density at radius 2 is 2.00 bits per heavy atom. The third-order valence-corrected chi connectivity index (χ3v) is 6.00. The molecule has 0 saturated heterocycles. The zero-order valence-electron chi connectivity index (χ0n) is 16.7. The molecule has 4 aromatic rings. The van der Waals surface area contributed by atoms with Crippen molar-refractivity contribution < 1.29 is 14.3 Å². The van der Waals surface area contributed by atoms with Crippen LogP contribution in [0.1, 0.15) is 21.2 Å². The number of thiazole rings is 1. The van der Waals surface area contributed by atoms with E-state index in [1.165, 1.54) is 11.3 Å². The zero-order valence-corrected chi connectivity index (χ0v) is 18.3. The number of ether oxygens (including phenoxy) is 2. The van der Waals surface area contributed by atoms with Gasteiger partial charge in [0, 0.05) is 10.9 Å². The van der Waals surface area contributed by atoms with Crippen molar-refractivity contribution in [2.45, 2.75) is 13.5 Å². The molecule has 11 heteroatoms. The number of hydrogen-bond donors (Lipinski definition) is 2. The van der Waals surface area contributed by atoms with E-state index in [0.717, 1.165) is 10.6 Å². The predicted octanol–water partition coefficient (Wildman–Crippen LogP) is 4.06. The van der Waals surface area contributed by atoms with Crippen molar-refractivity contribution in [1.29, 1.82) is 0 Å². The molecular weight excluding hydrogens is 436 g/mol. The van der Waals surface area contributed by atoms with Crippen LogP contribution in [-0.2, 0) is 11.3 Å². The van der Waals surface area contributed by atoms with Crippen molar-refractivity contribution in [1.82, 2.24) is 19.9 Å². The van der Waals surface area contributed by atoms with E-state index in [2.05, 4.69) is 25.3 Å². The highest BCUT2D eigenvalue weighted by Gasteiger charge is 2.19. The lowest BCUT2D eigenvalue weighted by molar-refractivity contribution is 0.0467. The Morgan fingerprint density at radius 1 is 1.16 bits per heavy atom. The molecule has 0 radical (unpaired) electrons. The van der Waals surface area contributed by atoms with Crippen molar-refractivity contribution in [3.8, 4) is 16.3 Å². The number of nitrogens with one attached hydrogen (secondary N) is 1. The van der Waals surface area contributed by atoms with Crippen LogP contribution >= 0.6 is 22.7 Å². The number of aromatic nitrogens is 4. The van der Waals surface area contributed by atoms with Gasteiger partial charge in [-0.1, -0.05) is 12.1 Å². The maximum atomic E-state index is 12.6. The quantitative estimate of drug-likeness (QED) is 0.398. The van der Waals surface area contributed by atoms with Crippen LogP contribution in [0.4, 0.5) is 17.6 Å². The summed E-state index contributed by atoms with van der Waals surface area (Å²) in [5, 5.41) is 7.76. The molecule has 9 nitrogen and oxygen atoms in total. The number of para-hydroxylation sites is 2. The summed E-state index contributed by atoms with van der Waals surface area (Å²) in [4.78, 5) is 29.9. The van der Waals surface area contributed by atoms with Crippen molar-refractivity contribution in [2.75, 3.05) is 18.2 Å². The minimum Gasteiger partial charge on any atom is -0.495 e. The molecule has 0 saturated carbocycles. The highest BCUT2D eigenvalue weighted by atomic mass is 32.1. The Kier molecular flexibility index (Phi) is 6.05. The number of hydrogen-bond acceptors (Lipinski definition) is 11. The number of nitrogens with two attached hydrogens (primary N) is 1. The topological polar surface area (TPSA) is 125 Å². The van der Waals surface area contributed by atoms with Gasteiger partial charge in [0.25, 0.3) is 0 Å². The average Bonchev–Trinajstić information content (AvgIpc) is 3.42. The number of carbonyl (C=O) groups is 1. The van der Waals surface area contributed by atoms with Gasteiger partial charge in [0.2, 0.25) is 11.9 Å². The van der Waals surface area contributed by atoms with Gasteiger partial charge < -0.3 is 20.5 Å². The Hall–Kier alpha value is -3.57. The molecule has 0 aliphatic carbocycles. The van der Waals surface area contributed by atoms with Gasteiger partial charge >= 0.3 is 5.97 Å². The van der Waals surface area contributed by atoms with Crippen LogP contribution in [-0.4, -0.2) is 33.0 Å². The van der Waals surface area contributed by atoms with Gasteiger partial charge in [-0.15, -0.1) is 11.3 Å². The largest absolute Gasteiger partial charge is 0.495 e. The van der Waals surface area contributed by atoms with Crippen LogP contribution in [0.2, 0.25) is 0 Å².